The predicted octanol–water partition coefficient (Wildman–Crippen LogP) is 2.12. The van der Waals surface area contributed by atoms with Crippen LogP contribution in [0.3, 0.4) is 0 Å². The highest BCUT2D eigenvalue weighted by Gasteiger charge is 2.27. The quantitative estimate of drug-likeness (QED) is 0.924. The minimum atomic E-state index is -0.0528. The predicted molar refractivity (Wildman–Crippen MR) is 79.1 cm³/mol. The number of carbonyl (C=O) groups excluding carboxylic acids is 1. The van der Waals surface area contributed by atoms with E-state index in [2.05, 4.69) is 10.5 Å². The van der Waals surface area contributed by atoms with Crippen molar-refractivity contribution in [3.05, 3.63) is 17.0 Å². The third-order valence-corrected chi connectivity index (χ3v) is 3.89. The molecule has 1 aromatic rings. The Kier molecular flexibility index (Phi) is 5.22. The zero-order chi connectivity index (χ0) is 15.4. The van der Waals surface area contributed by atoms with E-state index >= 15 is 0 Å². The summed E-state index contributed by atoms with van der Waals surface area (Å²) >= 11 is 0. The van der Waals surface area contributed by atoms with E-state index in [4.69, 9.17) is 9.26 Å². The lowest BCUT2D eigenvalue weighted by atomic mass is 10.1. The van der Waals surface area contributed by atoms with Crippen LogP contribution in [0.25, 0.3) is 0 Å². The molecular formula is C15H25N3O3. The minimum Gasteiger partial charge on any atom is -0.375 e. The molecule has 1 saturated heterocycles. The number of rotatable bonds is 4. The van der Waals surface area contributed by atoms with Crippen molar-refractivity contribution in [3.63, 3.8) is 0 Å². The average Bonchev–Trinajstić information content (AvgIpc) is 2.89. The van der Waals surface area contributed by atoms with E-state index in [9.17, 15) is 4.79 Å². The standard InChI is InChI=1S/C15H25N3O3/c1-5-13-12(14(6-2)21-17-13)7-16-15(19)18-8-11(4)20-9-10(18)3/h10-11H,5-9H2,1-4H3,(H,16,19)/t10-,11+/m1/s1. The SMILES string of the molecule is CCc1noc(CC)c1CNC(=O)N1C[C@H](C)OC[C@H]1C. The molecule has 0 saturated carbocycles. The van der Waals surface area contributed by atoms with Gasteiger partial charge in [-0.3, -0.25) is 0 Å². The Morgan fingerprint density at radius 2 is 2.14 bits per heavy atom. The van der Waals surface area contributed by atoms with Crippen LogP contribution in [0.1, 0.15) is 44.7 Å². The first-order chi connectivity index (χ1) is 10.1. The summed E-state index contributed by atoms with van der Waals surface area (Å²) < 4.78 is 10.9. The van der Waals surface area contributed by atoms with Crippen molar-refractivity contribution < 1.29 is 14.1 Å². The second-order valence-electron chi connectivity index (χ2n) is 5.54. The molecule has 6 nitrogen and oxygen atoms in total. The first-order valence-corrected chi connectivity index (χ1v) is 7.69. The Labute approximate surface area is 125 Å². The van der Waals surface area contributed by atoms with Gasteiger partial charge in [-0.2, -0.15) is 0 Å². The van der Waals surface area contributed by atoms with Crippen LogP contribution >= 0.6 is 0 Å². The van der Waals surface area contributed by atoms with Gasteiger partial charge in [-0.25, -0.2) is 4.79 Å². The third-order valence-electron chi connectivity index (χ3n) is 3.89. The van der Waals surface area contributed by atoms with Crippen molar-refractivity contribution in [2.45, 2.75) is 59.2 Å². The van der Waals surface area contributed by atoms with Crippen molar-refractivity contribution in [1.82, 2.24) is 15.4 Å². The van der Waals surface area contributed by atoms with E-state index < -0.39 is 0 Å². The van der Waals surface area contributed by atoms with Gasteiger partial charge in [0.15, 0.2) is 0 Å². The summed E-state index contributed by atoms with van der Waals surface area (Å²) in [4.78, 5) is 14.2. The van der Waals surface area contributed by atoms with Crippen LogP contribution in [0.5, 0.6) is 0 Å². The molecule has 2 amide bonds. The van der Waals surface area contributed by atoms with Crippen molar-refractivity contribution in [2.75, 3.05) is 13.2 Å². The number of hydrogen-bond acceptors (Lipinski definition) is 4. The smallest absolute Gasteiger partial charge is 0.318 e. The van der Waals surface area contributed by atoms with Crippen molar-refractivity contribution >= 4 is 6.03 Å². The van der Waals surface area contributed by atoms with Gasteiger partial charge in [-0.1, -0.05) is 19.0 Å². The zero-order valence-electron chi connectivity index (χ0n) is 13.3. The maximum Gasteiger partial charge on any atom is 0.318 e. The van der Waals surface area contributed by atoms with Gasteiger partial charge in [-0.05, 0) is 20.3 Å². The number of urea groups is 1. The highest BCUT2D eigenvalue weighted by Crippen LogP contribution is 2.16. The van der Waals surface area contributed by atoms with Crippen molar-refractivity contribution in [2.24, 2.45) is 0 Å². The largest absolute Gasteiger partial charge is 0.375 e. The molecule has 0 aliphatic carbocycles. The second kappa shape index (κ2) is 6.93. The minimum absolute atomic E-state index is 0.0528. The Bertz CT molecular complexity index is 465. The van der Waals surface area contributed by atoms with Crippen LogP contribution in [0.2, 0.25) is 0 Å². The van der Waals surface area contributed by atoms with Crippen LogP contribution in [0.4, 0.5) is 4.79 Å². The highest BCUT2D eigenvalue weighted by atomic mass is 16.5. The second-order valence-corrected chi connectivity index (χ2v) is 5.54. The molecule has 0 radical (unpaired) electrons. The van der Waals surface area contributed by atoms with E-state index in [0.29, 0.717) is 19.7 Å². The Balaban J connectivity index is 1.99. The lowest BCUT2D eigenvalue weighted by Crippen LogP contribution is -2.53. The van der Waals surface area contributed by atoms with Crippen LogP contribution < -0.4 is 5.32 Å². The molecule has 1 N–H and O–H groups in total. The average molecular weight is 295 g/mol. The summed E-state index contributed by atoms with van der Waals surface area (Å²) in [7, 11) is 0. The molecule has 2 atom stereocenters. The Morgan fingerprint density at radius 1 is 1.38 bits per heavy atom. The number of nitrogens with one attached hydrogen (secondary N) is 1. The molecular weight excluding hydrogens is 270 g/mol. The number of nitrogens with zero attached hydrogens (tertiary/aromatic N) is 2. The molecule has 2 rings (SSSR count). The van der Waals surface area contributed by atoms with Gasteiger partial charge >= 0.3 is 6.03 Å². The third kappa shape index (κ3) is 3.56. The number of ether oxygens (including phenoxy) is 1. The molecule has 1 aliphatic rings. The van der Waals surface area contributed by atoms with Crippen LogP contribution in [0, 0.1) is 0 Å². The van der Waals surface area contributed by atoms with Gasteiger partial charge in [0.1, 0.15) is 5.76 Å². The fourth-order valence-electron chi connectivity index (χ4n) is 2.59. The van der Waals surface area contributed by atoms with Crippen LogP contribution in [0.15, 0.2) is 4.52 Å². The summed E-state index contributed by atoms with van der Waals surface area (Å²) in [6, 6.07) is 0.0444. The Morgan fingerprint density at radius 3 is 2.81 bits per heavy atom. The molecule has 2 heterocycles. The molecule has 0 unspecified atom stereocenters. The van der Waals surface area contributed by atoms with Gasteiger partial charge < -0.3 is 19.5 Å². The van der Waals surface area contributed by atoms with E-state index in [1.165, 1.54) is 0 Å². The van der Waals surface area contributed by atoms with Crippen molar-refractivity contribution in [1.29, 1.82) is 0 Å². The number of aromatic nitrogens is 1. The van der Waals surface area contributed by atoms with Crippen LogP contribution in [-0.2, 0) is 24.1 Å². The lowest BCUT2D eigenvalue weighted by Gasteiger charge is -2.36. The summed E-state index contributed by atoms with van der Waals surface area (Å²) in [6.07, 6.45) is 1.67. The Hall–Kier alpha value is -1.56. The van der Waals surface area contributed by atoms with E-state index in [1.54, 1.807) is 0 Å². The number of amides is 2. The van der Waals surface area contributed by atoms with Gasteiger partial charge in [0.2, 0.25) is 0 Å². The number of morpholine rings is 1. The molecule has 1 aliphatic heterocycles. The molecule has 0 bridgehead atoms. The first kappa shape index (κ1) is 15.8. The van der Waals surface area contributed by atoms with Crippen LogP contribution in [-0.4, -0.2) is 41.4 Å². The van der Waals surface area contributed by atoms with E-state index in [0.717, 1.165) is 29.9 Å². The molecule has 1 aromatic heterocycles. The first-order valence-electron chi connectivity index (χ1n) is 7.69. The van der Waals surface area contributed by atoms with Gasteiger partial charge in [0, 0.05) is 25.1 Å². The molecule has 6 heteroatoms. The zero-order valence-corrected chi connectivity index (χ0v) is 13.3. The van der Waals surface area contributed by atoms with E-state index in [1.807, 2.05) is 32.6 Å². The number of aryl methyl sites for hydroxylation is 2. The normalized spacial score (nSPS) is 22.4. The maximum absolute atomic E-state index is 12.4. The molecule has 21 heavy (non-hydrogen) atoms. The van der Waals surface area contributed by atoms with Gasteiger partial charge in [0.25, 0.3) is 0 Å². The fourth-order valence-corrected chi connectivity index (χ4v) is 2.59. The topological polar surface area (TPSA) is 67.6 Å². The lowest BCUT2D eigenvalue weighted by molar-refractivity contribution is -0.0318. The van der Waals surface area contributed by atoms with E-state index in [-0.39, 0.29) is 18.2 Å². The highest BCUT2D eigenvalue weighted by molar-refractivity contribution is 5.74. The summed E-state index contributed by atoms with van der Waals surface area (Å²) in [5.74, 6) is 0.857. The fraction of sp³-hybridized carbons (Fsp3) is 0.733. The monoisotopic (exact) mass is 295 g/mol. The maximum atomic E-state index is 12.4. The molecule has 1 fully saturated rings. The molecule has 0 aromatic carbocycles. The molecule has 118 valence electrons. The number of hydrogen-bond donors (Lipinski definition) is 1. The van der Waals surface area contributed by atoms with Gasteiger partial charge in [-0.15, -0.1) is 0 Å². The summed E-state index contributed by atoms with van der Waals surface area (Å²) in [5, 5.41) is 7.05. The number of carbonyl (C=O) groups is 1. The van der Waals surface area contributed by atoms with Gasteiger partial charge in [0.05, 0.1) is 24.4 Å². The molecule has 0 spiro atoms. The van der Waals surface area contributed by atoms with Crippen molar-refractivity contribution in [3.8, 4) is 0 Å². The summed E-state index contributed by atoms with van der Waals surface area (Å²) in [6.45, 7) is 9.72. The summed E-state index contributed by atoms with van der Waals surface area (Å²) in [5.41, 5.74) is 1.94.